The van der Waals surface area contributed by atoms with Crippen LogP contribution in [0.15, 0.2) is 0 Å². The van der Waals surface area contributed by atoms with Crippen LogP contribution in [-0.4, -0.2) is 69.1 Å². The first-order valence-electron chi connectivity index (χ1n) is 6.82. The molecule has 2 fully saturated rings. The number of hydrogen-bond donors (Lipinski definition) is 1. The summed E-state index contributed by atoms with van der Waals surface area (Å²) in [7, 11) is -2.94. The highest BCUT2D eigenvalue weighted by Crippen LogP contribution is 2.19. The van der Waals surface area contributed by atoms with Crippen molar-refractivity contribution in [3.63, 3.8) is 0 Å². The lowest BCUT2D eigenvalue weighted by Crippen LogP contribution is -2.50. The van der Waals surface area contributed by atoms with Gasteiger partial charge in [0.1, 0.15) is 0 Å². The molecule has 2 unspecified atom stereocenters. The van der Waals surface area contributed by atoms with E-state index in [1.807, 2.05) is 0 Å². The molecule has 2 atom stereocenters. The van der Waals surface area contributed by atoms with Crippen LogP contribution >= 0.6 is 0 Å². The van der Waals surface area contributed by atoms with Crippen molar-refractivity contribution in [2.24, 2.45) is 0 Å². The van der Waals surface area contributed by atoms with Gasteiger partial charge in [-0.1, -0.05) is 0 Å². The Bertz CT molecular complexity index is 417. The number of sulfone groups is 1. The second-order valence-electron chi connectivity index (χ2n) is 5.20. The molecule has 0 saturated carbocycles. The number of amides is 1. The SMILES string of the molecule is CC(NCC1CCCS1(=O)=O)C(=O)N1CCOCC1. The summed E-state index contributed by atoms with van der Waals surface area (Å²) in [5, 5.41) is 2.74. The molecule has 0 aliphatic carbocycles. The average molecular weight is 290 g/mol. The van der Waals surface area contributed by atoms with E-state index in [0.29, 0.717) is 39.3 Å². The number of carbonyl (C=O) groups is 1. The smallest absolute Gasteiger partial charge is 0.239 e. The summed E-state index contributed by atoms with van der Waals surface area (Å²) in [6, 6.07) is -0.339. The molecule has 7 heteroatoms. The summed E-state index contributed by atoms with van der Waals surface area (Å²) in [4.78, 5) is 13.9. The van der Waals surface area contributed by atoms with E-state index in [-0.39, 0.29) is 23.0 Å². The number of carbonyl (C=O) groups excluding carboxylic acids is 1. The van der Waals surface area contributed by atoms with Gasteiger partial charge in [0.05, 0.1) is 30.3 Å². The Hall–Kier alpha value is -0.660. The van der Waals surface area contributed by atoms with Gasteiger partial charge in [-0.2, -0.15) is 0 Å². The van der Waals surface area contributed by atoms with Gasteiger partial charge >= 0.3 is 0 Å². The molecule has 2 aliphatic rings. The number of rotatable bonds is 4. The zero-order chi connectivity index (χ0) is 13.9. The minimum absolute atomic E-state index is 0.0266. The molecule has 110 valence electrons. The molecule has 0 aromatic heterocycles. The Morgan fingerprint density at radius 3 is 2.68 bits per heavy atom. The maximum atomic E-state index is 12.1. The number of ether oxygens (including phenoxy) is 1. The molecule has 2 heterocycles. The first kappa shape index (κ1) is 14.7. The minimum atomic E-state index is -2.94. The zero-order valence-corrected chi connectivity index (χ0v) is 12.1. The van der Waals surface area contributed by atoms with E-state index in [9.17, 15) is 13.2 Å². The fourth-order valence-corrected chi connectivity index (χ4v) is 4.32. The third-order valence-electron chi connectivity index (χ3n) is 3.81. The molecule has 0 spiro atoms. The lowest BCUT2D eigenvalue weighted by Gasteiger charge is -2.29. The molecule has 2 saturated heterocycles. The Morgan fingerprint density at radius 1 is 1.42 bits per heavy atom. The van der Waals surface area contributed by atoms with Crippen LogP contribution in [0.2, 0.25) is 0 Å². The van der Waals surface area contributed by atoms with Crippen molar-refractivity contribution < 1.29 is 17.9 Å². The summed E-state index contributed by atoms with van der Waals surface area (Å²) >= 11 is 0. The van der Waals surface area contributed by atoms with Crippen LogP contribution in [0.4, 0.5) is 0 Å². The molecule has 1 amide bonds. The van der Waals surface area contributed by atoms with Crippen LogP contribution < -0.4 is 5.32 Å². The van der Waals surface area contributed by atoms with Crippen molar-refractivity contribution in [3.8, 4) is 0 Å². The Morgan fingerprint density at radius 2 is 2.11 bits per heavy atom. The number of nitrogens with one attached hydrogen (secondary N) is 1. The van der Waals surface area contributed by atoms with E-state index >= 15 is 0 Å². The topological polar surface area (TPSA) is 75.7 Å². The first-order chi connectivity index (χ1) is 9.00. The van der Waals surface area contributed by atoms with Crippen LogP contribution in [0.25, 0.3) is 0 Å². The summed E-state index contributed by atoms with van der Waals surface area (Å²) in [5.74, 6) is 0.309. The lowest BCUT2D eigenvalue weighted by molar-refractivity contribution is -0.137. The van der Waals surface area contributed by atoms with E-state index in [2.05, 4.69) is 5.32 Å². The fourth-order valence-electron chi connectivity index (χ4n) is 2.54. The van der Waals surface area contributed by atoms with Crippen molar-refractivity contribution in [2.75, 3.05) is 38.6 Å². The van der Waals surface area contributed by atoms with Crippen LogP contribution in [0, 0.1) is 0 Å². The van der Waals surface area contributed by atoms with Crippen molar-refractivity contribution in [3.05, 3.63) is 0 Å². The third-order valence-corrected chi connectivity index (χ3v) is 6.08. The zero-order valence-electron chi connectivity index (χ0n) is 11.3. The highest BCUT2D eigenvalue weighted by Gasteiger charge is 2.32. The Labute approximate surface area is 114 Å². The second kappa shape index (κ2) is 6.19. The van der Waals surface area contributed by atoms with Gasteiger partial charge < -0.3 is 15.0 Å². The molecule has 0 radical (unpaired) electrons. The highest BCUT2D eigenvalue weighted by molar-refractivity contribution is 7.92. The molecule has 19 heavy (non-hydrogen) atoms. The molecule has 0 bridgehead atoms. The number of nitrogens with zero attached hydrogens (tertiary/aromatic N) is 1. The predicted molar refractivity (Wildman–Crippen MR) is 71.7 cm³/mol. The monoisotopic (exact) mass is 290 g/mol. The maximum Gasteiger partial charge on any atom is 0.239 e. The van der Waals surface area contributed by atoms with Gasteiger partial charge in [0.2, 0.25) is 5.91 Å². The summed E-state index contributed by atoms with van der Waals surface area (Å²) in [6.07, 6.45) is 1.44. The quantitative estimate of drug-likeness (QED) is 0.748. The largest absolute Gasteiger partial charge is 0.378 e. The highest BCUT2D eigenvalue weighted by atomic mass is 32.2. The lowest BCUT2D eigenvalue weighted by atomic mass is 10.2. The Balaban J connectivity index is 1.80. The number of morpholine rings is 1. The normalized spacial score (nSPS) is 28.3. The second-order valence-corrected chi connectivity index (χ2v) is 7.60. The van der Waals surface area contributed by atoms with Crippen molar-refractivity contribution in [2.45, 2.75) is 31.1 Å². The first-order valence-corrected chi connectivity index (χ1v) is 8.54. The summed E-state index contributed by atoms with van der Waals surface area (Å²) in [6.45, 7) is 4.56. The van der Waals surface area contributed by atoms with E-state index in [1.54, 1.807) is 11.8 Å². The van der Waals surface area contributed by atoms with Gasteiger partial charge in [0.15, 0.2) is 9.84 Å². The predicted octanol–water partition coefficient (Wildman–Crippen LogP) is -0.599. The van der Waals surface area contributed by atoms with Gasteiger partial charge in [0.25, 0.3) is 0 Å². The van der Waals surface area contributed by atoms with Gasteiger partial charge in [-0.3, -0.25) is 4.79 Å². The van der Waals surface area contributed by atoms with Crippen molar-refractivity contribution >= 4 is 15.7 Å². The Kier molecular flexibility index (Phi) is 4.81. The standard InChI is InChI=1S/C12H22N2O4S/c1-10(12(15)14-4-6-18-7-5-14)13-9-11-3-2-8-19(11,16)17/h10-11,13H,2-9H2,1H3. The van der Waals surface area contributed by atoms with Gasteiger partial charge in [-0.15, -0.1) is 0 Å². The maximum absolute atomic E-state index is 12.1. The molecule has 0 aromatic carbocycles. The van der Waals surface area contributed by atoms with Crippen LogP contribution in [-0.2, 0) is 19.4 Å². The molecule has 6 nitrogen and oxygen atoms in total. The molecule has 2 rings (SSSR count). The van der Waals surface area contributed by atoms with E-state index < -0.39 is 9.84 Å². The molecular weight excluding hydrogens is 268 g/mol. The number of hydrogen-bond acceptors (Lipinski definition) is 5. The van der Waals surface area contributed by atoms with Gasteiger partial charge in [0, 0.05) is 19.6 Å². The van der Waals surface area contributed by atoms with Crippen LogP contribution in [0.1, 0.15) is 19.8 Å². The van der Waals surface area contributed by atoms with Gasteiger partial charge in [-0.25, -0.2) is 8.42 Å². The fraction of sp³-hybridized carbons (Fsp3) is 0.917. The third kappa shape index (κ3) is 3.67. The van der Waals surface area contributed by atoms with Crippen molar-refractivity contribution in [1.29, 1.82) is 0 Å². The van der Waals surface area contributed by atoms with Crippen LogP contribution in [0.5, 0.6) is 0 Å². The van der Waals surface area contributed by atoms with E-state index in [0.717, 1.165) is 6.42 Å². The molecular formula is C12H22N2O4S. The van der Waals surface area contributed by atoms with Crippen LogP contribution in [0.3, 0.4) is 0 Å². The minimum Gasteiger partial charge on any atom is -0.378 e. The van der Waals surface area contributed by atoms with Crippen molar-refractivity contribution in [1.82, 2.24) is 10.2 Å². The van der Waals surface area contributed by atoms with Gasteiger partial charge in [-0.05, 0) is 19.8 Å². The molecule has 0 aromatic rings. The molecule has 1 N–H and O–H groups in total. The summed E-state index contributed by atoms with van der Waals surface area (Å²) in [5.41, 5.74) is 0. The van der Waals surface area contributed by atoms with E-state index in [4.69, 9.17) is 4.74 Å². The average Bonchev–Trinajstić information content (AvgIpc) is 2.75. The summed E-state index contributed by atoms with van der Waals surface area (Å²) < 4.78 is 28.6. The van der Waals surface area contributed by atoms with E-state index in [1.165, 1.54) is 0 Å². The molecule has 2 aliphatic heterocycles.